The van der Waals surface area contributed by atoms with Crippen LogP contribution in [0.25, 0.3) is 16.9 Å². The Morgan fingerprint density at radius 1 is 0.846 bits per heavy atom. The molecule has 0 spiro atoms. The van der Waals surface area contributed by atoms with Crippen molar-refractivity contribution in [1.82, 2.24) is 15.0 Å². The average molecular weight is 420 g/mol. The fraction of sp³-hybridized carbons (Fsp3) is 0.222. The summed E-state index contributed by atoms with van der Waals surface area (Å²) in [6.07, 6.45) is 1.83. The topological polar surface area (TPSA) is 67.6 Å². The number of benzene rings is 2. The van der Waals surface area contributed by atoms with E-state index >= 15 is 0 Å². The van der Waals surface area contributed by atoms with Gasteiger partial charge in [0.25, 0.3) is 0 Å². The van der Waals surface area contributed by atoms with E-state index < -0.39 is 0 Å². The van der Waals surface area contributed by atoms with E-state index in [2.05, 4.69) is 26.2 Å². The first-order chi connectivity index (χ1) is 12.6. The van der Waals surface area contributed by atoms with Crippen molar-refractivity contribution >= 4 is 15.9 Å². The number of ether oxygens (including phenoxy) is 4. The summed E-state index contributed by atoms with van der Waals surface area (Å²) in [5.41, 5.74) is 2.38. The molecule has 3 aromatic rings. The lowest BCUT2D eigenvalue weighted by Gasteiger charge is -2.13. The van der Waals surface area contributed by atoms with Crippen LogP contribution in [-0.4, -0.2) is 43.4 Å². The van der Waals surface area contributed by atoms with Gasteiger partial charge in [0.2, 0.25) is 5.75 Å². The van der Waals surface area contributed by atoms with Crippen molar-refractivity contribution in [2.24, 2.45) is 0 Å². The number of hydrogen-bond donors (Lipinski definition) is 0. The van der Waals surface area contributed by atoms with Crippen LogP contribution >= 0.6 is 15.9 Å². The first-order valence-corrected chi connectivity index (χ1v) is 8.47. The molecule has 1 heterocycles. The normalized spacial score (nSPS) is 10.5. The molecule has 7 nitrogen and oxygen atoms in total. The van der Waals surface area contributed by atoms with Crippen LogP contribution in [0.4, 0.5) is 0 Å². The smallest absolute Gasteiger partial charge is 0.203 e. The molecule has 0 aliphatic carbocycles. The molecule has 3 rings (SSSR count). The summed E-state index contributed by atoms with van der Waals surface area (Å²) in [7, 11) is 6.33. The first kappa shape index (κ1) is 18.1. The Bertz CT molecular complexity index is 902. The number of nitrogens with zero attached hydrogens (tertiary/aromatic N) is 3. The summed E-state index contributed by atoms with van der Waals surface area (Å²) in [4.78, 5) is 0. The summed E-state index contributed by atoms with van der Waals surface area (Å²) < 4.78 is 23.9. The van der Waals surface area contributed by atoms with Crippen LogP contribution in [0.5, 0.6) is 23.0 Å². The maximum absolute atomic E-state index is 5.39. The molecule has 2 aromatic carbocycles. The van der Waals surface area contributed by atoms with Crippen molar-refractivity contribution in [2.45, 2.75) is 0 Å². The van der Waals surface area contributed by atoms with Crippen molar-refractivity contribution in [3.8, 4) is 39.9 Å². The molecule has 0 amide bonds. The molecule has 0 unspecified atom stereocenters. The Morgan fingerprint density at radius 2 is 1.50 bits per heavy atom. The molecule has 0 N–H and O–H groups in total. The zero-order valence-corrected chi connectivity index (χ0v) is 16.4. The van der Waals surface area contributed by atoms with Gasteiger partial charge in [-0.05, 0) is 34.1 Å². The Labute approximate surface area is 159 Å². The molecule has 0 bridgehead atoms. The Kier molecular flexibility index (Phi) is 5.32. The van der Waals surface area contributed by atoms with Gasteiger partial charge in [-0.15, -0.1) is 5.10 Å². The molecule has 1 aromatic heterocycles. The van der Waals surface area contributed by atoms with Gasteiger partial charge in [0.15, 0.2) is 11.5 Å². The van der Waals surface area contributed by atoms with E-state index in [0.29, 0.717) is 17.2 Å². The highest BCUT2D eigenvalue weighted by atomic mass is 79.9. The minimum atomic E-state index is 0.526. The van der Waals surface area contributed by atoms with Crippen LogP contribution in [0, 0.1) is 0 Å². The standard InChI is InChI=1S/C18H18BrN3O4/c1-23-15-6-5-11(7-13(15)19)14-10-22(21-20-14)12-8-16(24-2)18(26-4)17(9-12)25-3/h5-10H,1-4H3. The third-order valence-electron chi connectivity index (χ3n) is 3.85. The Hall–Kier alpha value is -2.74. The fourth-order valence-electron chi connectivity index (χ4n) is 2.55. The maximum Gasteiger partial charge on any atom is 0.203 e. The summed E-state index contributed by atoms with van der Waals surface area (Å²) in [6.45, 7) is 0. The van der Waals surface area contributed by atoms with Gasteiger partial charge in [0.1, 0.15) is 11.4 Å². The first-order valence-electron chi connectivity index (χ1n) is 7.68. The van der Waals surface area contributed by atoms with Crippen LogP contribution in [0.3, 0.4) is 0 Å². The molecule has 0 atom stereocenters. The minimum Gasteiger partial charge on any atom is -0.496 e. The lowest BCUT2D eigenvalue weighted by molar-refractivity contribution is 0.324. The quantitative estimate of drug-likeness (QED) is 0.606. The predicted molar refractivity (Wildman–Crippen MR) is 101 cm³/mol. The Balaban J connectivity index is 2.01. The molecule has 0 fully saturated rings. The van der Waals surface area contributed by atoms with Gasteiger partial charge in [-0.3, -0.25) is 0 Å². The van der Waals surface area contributed by atoms with Crippen molar-refractivity contribution in [2.75, 3.05) is 28.4 Å². The van der Waals surface area contributed by atoms with Crippen molar-refractivity contribution in [3.05, 3.63) is 41.0 Å². The van der Waals surface area contributed by atoms with Crippen molar-refractivity contribution in [3.63, 3.8) is 0 Å². The van der Waals surface area contributed by atoms with Crippen LogP contribution in [0.1, 0.15) is 0 Å². The number of methoxy groups -OCH3 is 4. The minimum absolute atomic E-state index is 0.526. The molecule has 0 radical (unpaired) electrons. The van der Waals surface area contributed by atoms with E-state index in [4.69, 9.17) is 18.9 Å². The molecule has 8 heteroatoms. The van der Waals surface area contributed by atoms with Crippen LogP contribution in [-0.2, 0) is 0 Å². The van der Waals surface area contributed by atoms with Crippen LogP contribution in [0.15, 0.2) is 41.0 Å². The molecule has 0 aliphatic rings. The largest absolute Gasteiger partial charge is 0.496 e. The summed E-state index contributed by atoms with van der Waals surface area (Å²) >= 11 is 3.48. The molecular weight excluding hydrogens is 402 g/mol. The van der Waals surface area contributed by atoms with Gasteiger partial charge in [-0.25, -0.2) is 4.68 Å². The molecule has 26 heavy (non-hydrogen) atoms. The highest BCUT2D eigenvalue weighted by Gasteiger charge is 2.15. The second-order valence-corrected chi connectivity index (χ2v) is 6.14. The van der Waals surface area contributed by atoms with E-state index in [9.17, 15) is 0 Å². The van der Waals surface area contributed by atoms with E-state index in [0.717, 1.165) is 27.2 Å². The van der Waals surface area contributed by atoms with E-state index in [-0.39, 0.29) is 0 Å². The lowest BCUT2D eigenvalue weighted by atomic mass is 10.1. The molecular formula is C18H18BrN3O4. The molecule has 136 valence electrons. The van der Waals surface area contributed by atoms with Gasteiger partial charge in [-0.1, -0.05) is 5.21 Å². The molecule has 0 saturated heterocycles. The van der Waals surface area contributed by atoms with Crippen molar-refractivity contribution < 1.29 is 18.9 Å². The van der Waals surface area contributed by atoms with Crippen LogP contribution < -0.4 is 18.9 Å². The third-order valence-corrected chi connectivity index (χ3v) is 4.47. The van der Waals surface area contributed by atoms with E-state index in [1.165, 1.54) is 0 Å². The molecule has 0 saturated carbocycles. The van der Waals surface area contributed by atoms with Gasteiger partial charge >= 0.3 is 0 Å². The van der Waals surface area contributed by atoms with Gasteiger partial charge < -0.3 is 18.9 Å². The summed E-state index contributed by atoms with van der Waals surface area (Å²) in [6, 6.07) is 9.35. The lowest BCUT2D eigenvalue weighted by Crippen LogP contribution is -2.00. The highest BCUT2D eigenvalue weighted by molar-refractivity contribution is 9.10. The van der Waals surface area contributed by atoms with E-state index in [1.807, 2.05) is 36.5 Å². The number of rotatable bonds is 6. The monoisotopic (exact) mass is 419 g/mol. The van der Waals surface area contributed by atoms with Gasteiger partial charge in [0.05, 0.1) is 44.8 Å². The zero-order chi connectivity index (χ0) is 18.7. The second kappa shape index (κ2) is 7.65. The SMILES string of the molecule is COc1ccc(-c2cn(-c3cc(OC)c(OC)c(OC)c3)nn2)cc1Br. The molecule has 0 aliphatic heterocycles. The summed E-state index contributed by atoms with van der Waals surface area (Å²) in [5, 5.41) is 8.46. The maximum atomic E-state index is 5.39. The number of hydrogen-bond acceptors (Lipinski definition) is 6. The van der Waals surface area contributed by atoms with Crippen LogP contribution in [0.2, 0.25) is 0 Å². The highest BCUT2D eigenvalue weighted by Crippen LogP contribution is 2.39. The van der Waals surface area contributed by atoms with E-state index in [1.54, 1.807) is 33.1 Å². The Morgan fingerprint density at radius 3 is 2.04 bits per heavy atom. The number of aromatic nitrogens is 3. The second-order valence-electron chi connectivity index (χ2n) is 5.28. The number of halogens is 1. The fourth-order valence-corrected chi connectivity index (χ4v) is 3.09. The van der Waals surface area contributed by atoms with Gasteiger partial charge in [0, 0.05) is 17.7 Å². The average Bonchev–Trinajstić information content (AvgIpc) is 3.16. The van der Waals surface area contributed by atoms with Gasteiger partial charge in [-0.2, -0.15) is 0 Å². The zero-order valence-electron chi connectivity index (χ0n) is 14.8. The predicted octanol–water partition coefficient (Wildman–Crippen LogP) is 3.73. The summed E-state index contributed by atoms with van der Waals surface area (Å²) in [5.74, 6) is 2.38. The van der Waals surface area contributed by atoms with Crippen molar-refractivity contribution in [1.29, 1.82) is 0 Å². The third kappa shape index (κ3) is 3.32.